The van der Waals surface area contributed by atoms with E-state index in [1.54, 1.807) is 12.0 Å². The van der Waals surface area contributed by atoms with Crippen molar-refractivity contribution in [2.45, 2.75) is 64.6 Å². The van der Waals surface area contributed by atoms with Gasteiger partial charge in [-0.1, -0.05) is 13.8 Å². The molecular weight excluding hydrogens is 256 g/mol. The second kappa shape index (κ2) is 6.31. The van der Waals surface area contributed by atoms with Crippen molar-refractivity contribution < 1.29 is 14.6 Å². The van der Waals surface area contributed by atoms with Crippen LogP contribution in [-0.4, -0.2) is 54.5 Å². The summed E-state index contributed by atoms with van der Waals surface area (Å²) in [5.74, 6) is 0. The van der Waals surface area contributed by atoms with Gasteiger partial charge in [-0.05, 0) is 33.1 Å². The number of hydrogen-bond acceptors (Lipinski definition) is 3. The highest BCUT2D eigenvalue weighted by Gasteiger charge is 2.59. The maximum absolute atomic E-state index is 12.2. The Morgan fingerprint density at radius 2 is 2.10 bits per heavy atom. The van der Waals surface area contributed by atoms with Crippen molar-refractivity contribution >= 4 is 6.03 Å². The molecule has 0 heterocycles. The molecule has 0 aliphatic heterocycles. The van der Waals surface area contributed by atoms with Crippen molar-refractivity contribution in [3.05, 3.63) is 0 Å². The first-order valence-corrected chi connectivity index (χ1v) is 7.39. The summed E-state index contributed by atoms with van der Waals surface area (Å²) in [4.78, 5) is 14.0. The smallest absolute Gasteiger partial charge is 0.317 e. The fourth-order valence-corrected chi connectivity index (χ4v) is 3.00. The Balaban J connectivity index is 2.55. The molecule has 118 valence electrons. The highest BCUT2D eigenvalue weighted by atomic mass is 16.5. The number of aliphatic hydroxyl groups excluding tert-OH is 1. The number of urea groups is 1. The fraction of sp³-hybridized carbons (Fsp3) is 0.933. The van der Waals surface area contributed by atoms with Crippen LogP contribution in [0.3, 0.4) is 0 Å². The lowest BCUT2D eigenvalue weighted by Gasteiger charge is -2.61. The monoisotopic (exact) mass is 286 g/mol. The number of ether oxygens (including phenoxy) is 1. The summed E-state index contributed by atoms with van der Waals surface area (Å²) in [5, 5.41) is 11.8. The Kier molecular flexibility index (Phi) is 5.44. The minimum atomic E-state index is -0.172. The van der Waals surface area contributed by atoms with Crippen LogP contribution < -0.4 is 5.32 Å². The molecule has 0 bridgehead atoms. The first-order chi connectivity index (χ1) is 9.19. The standard InChI is InChI=1S/C15H30N2O3/c1-11(8-7-9-18)16-13(19)17(5)12-10-15(4,20-6)14(12,2)3/h11-12,18H,7-10H2,1-6H3,(H,16,19). The van der Waals surface area contributed by atoms with Gasteiger partial charge in [-0.15, -0.1) is 0 Å². The third kappa shape index (κ3) is 3.09. The molecule has 1 saturated carbocycles. The lowest BCUT2D eigenvalue weighted by Crippen LogP contribution is -2.69. The van der Waals surface area contributed by atoms with E-state index in [0.29, 0.717) is 6.42 Å². The molecule has 1 rings (SSSR count). The Morgan fingerprint density at radius 3 is 2.55 bits per heavy atom. The molecule has 2 N–H and O–H groups in total. The summed E-state index contributed by atoms with van der Waals surface area (Å²) in [6, 6.07) is 0.207. The number of carbonyl (C=O) groups is 1. The molecule has 0 radical (unpaired) electrons. The van der Waals surface area contributed by atoms with E-state index in [1.165, 1.54) is 0 Å². The second-order valence-electron chi connectivity index (χ2n) is 6.70. The van der Waals surface area contributed by atoms with E-state index in [0.717, 1.165) is 12.8 Å². The van der Waals surface area contributed by atoms with Gasteiger partial charge in [0, 0.05) is 38.3 Å². The fourth-order valence-electron chi connectivity index (χ4n) is 3.00. The van der Waals surface area contributed by atoms with Crippen molar-refractivity contribution in [3.8, 4) is 0 Å². The van der Waals surface area contributed by atoms with Gasteiger partial charge in [0.05, 0.1) is 5.60 Å². The van der Waals surface area contributed by atoms with Gasteiger partial charge in [0.25, 0.3) is 0 Å². The topological polar surface area (TPSA) is 61.8 Å². The number of nitrogens with one attached hydrogen (secondary N) is 1. The Bertz CT molecular complexity index is 346. The molecule has 0 aromatic rings. The number of hydrogen-bond donors (Lipinski definition) is 2. The van der Waals surface area contributed by atoms with E-state index in [9.17, 15) is 4.79 Å². The highest BCUT2D eigenvalue weighted by molar-refractivity contribution is 5.75. The van der Waals surface area contributed by atoms with Gasteiger partial charge in [-0.3, -0.25) is 0 Å². The van der Waals surface area contributed by atoms with Crippen LogP contribution in [-0.2, 0) is 4.74 Å². The summed E-state index contributed by atoms with van der Waals surface area (Å²) < 4.78 is 5.60. The third-order valence-electron chi connectivity index (χ3n) is 5.18. The normalized spacial score (nSPS) is 29.4. The maximum Gasteiger partial charge on any atom is 0.317 e. The molecule has 1 fully saturated rings. The van der Waals surface area contributed by atoms with Gasteiger partial charge < -0.3 is 20.1 Å². The van der Waals surface area contributed by atoms with E-state index >= 15 is 0 Å². The lowest BCUT2D eigenvalue weighted by molar-refractivity contribution is -0.198. The Morgan fingerprint density at radius 1 is 1.50 bits per heavy atom. The van der Waals surface area contributed by atoms with E-state index in [1.807, 2.05) is 14.0 Å². The third-order valence-corrected chi connectivity index (χ3v) is 5.18. The summed E-state index contributed by atoms with van der Waals surface area (Å²) in [6.45, 7) is 8.51. The van der Waals surface area contributed by atoms with Crippen molar-refractivity contribution in [1.82, 2.24) is 10.2 Å². The second-order valence-corrected chi connectivity index (χ2v) is 6.70. The van der Waals surface area contributed by atoms with E-state index in [2.05, 4.69) is 26.1 Å². The van der Waals surface area contributed by atoms with Gasteiger partial charge >= 0.3 is 6.03 Å². The number of nitrogens with zero attached hydrogens (tertiary/aromatic N) is 1. The molecule has 0 spiro atoms. The molecule has 3 unspecified atom stereocenters. The lowest BCUT2D eigenvalue weighted by atomic mass is 9.55. The predicted molar refractivity (Wildman–Crippen MR) is 79.7 cm³/mol. The number of rotatable bonds is 6. The number of methoxy groups -OCH3 is 1. The van der Waals surface area contributed by atoms with Crippen LogP contribution in [0.25, 0.3) is 0 Å². The first kappa shape index (κ1) is 17.2. The van der Waals surface area contributed by atoms with E-state index in [4.69, 9.17) is 9.84 Å². The summed E-state index contributed by atoms with van der Waals surface area (Å²) in [6.07, 6.45) is 2.35. The molecule has 1 aliphatic rings. The Hall–Kier alpha value is -0.810. The van der Waals surface area contributed by atoms with Crippen LogP contribution in [0.15, 0.2) is 0 Å². The zero-order valence-corrected chi connectivity index (χ0v) is 13.7. The number of aliphatic hydroxyl groups is 1. The van der Waals surface area contributed by atoms with Crippen molar-refractivity contribution in [2.75, 3.05) is 20.8 Å². The summed E-state index contributed by atoms with van der Waals surface area (Å²) >= 11 is 0. The maximum atomic E-state index is 12.2. The molecule has 0 aromatic carbocycles. The minimum absolute atomic E-state index is 0.0494. The molecule has 5 nitrogen and oxygen atoms in total. The zero-order chi connectivity index (χ0) is 15.6. The first-order valence-electron chi connectivity index (χ1n) is 7.39. The largest absolute Gasteiger partial charge is 0.396 e. The average Bonchev–Trinajstić information content (AvgIpc) is 2.40. The molecule has 0 aromatic heterocycles. The summed E-state index contributed by atoms with van der Waals surface area (Å²) in [5.41, 5.74) is -0.239. The van der Waals surface area contributed by atoms with Gasteiger partial charge in [0.2, 0.25) is 0 Å². The van der Waals surface area contributed by atoms with Gasteiger partial charge in [0.1, 0.15) is 0 Å². The quantitative estimate of drug-likeness (QED) is 0.785. The predicted octanol–water partition coefficient (Wildman–Crippen LogP) is 1.99. The van der Waals surface area contributed by atoms with Crippen molar-refractivity contribution in [1.29, 1.82) is 0 Å². The molecule has 20 heavy (non-hydrogen) atoms. The van der Waals surface area contributed by atoms with E-state index < -0.39 is 0 Å². The summed E-state index contributed by atoms with van der Waals surface area (Å²) in [7, 11) is 3.57. The van der Waals surface area contributed by atoms with Crippen LogP contribution in [0.2, 0.25) is 0 Å². The van der Waals surface area contributed by atoms with Gasteiger partial charge in [0.15, 0.2) is 0 Å². The SMILES string of the molecule is COC1(C)CC(N(C)C(=O)NC(C)CCCO)C1(C)C. The van der Waals surface area contributed by atoms with Crippen LogP contribution in [0.4, 0.5) is 4.79 Å². The van der Waals surface area contributed by atoms with Crippen LogP contribution >= 0.6 is 0 Å². The molecule has 5 heteroatoms. The number of carbonyl (C=O) groups excluding carboxylic acids is 1. The molecule has 0 saturated heterocycles. The molecule has 2 amide bonds. The van der Waals surface area contributed by atoms with Gasteiger partial charge in [-0.25, -0.2) is 4.79 Å². The average molecular weight is 286 g/mol. The van der Waals surface area contributed by atoms with Crippen molar-refractivity contribution in [3.63, 3.8) is 0 Å². The molecular formula is C15H30N2O3. The van der Waals surface area contributed by atoms with Crippen LogP contribution in [0.5, 0.6) is 0 Å². The highest BCUT2D eigenvalue weighted by Crippen LogP contribution is 2.53. The van der Waals surface area contributed by atoms with Crippen LogP contribution in [0, 0.1) is 5.41 Å². The zero-order valence-electron chi connectivity index (χ0n) is 13.7. The number of amides is 2. The molecule has 3 atom stereocenters. The van der Waals surface area contributed by atoms with E-state index in [-0.39, 0.29) is 35.7 Å². The van der Waals surface area contributed by atoms with Gasteiger partial charge in [-0.2, -0.15) is 0 Å². The molecule has 1 aliphatic carbocycles. The Labute approximate surface area is 122 Å². The minimum Gasteiger partial charge on any atom is -0.396 e. The van der Waals surface area contributed by atoms with Crippen LogP contribution in [0.1, 0.15) is 47.0 Å². The van der Waals surface area contributed by atoms with Crippen molar-refractivity contribution in [2.24, 2.45) is 5.41 Å².